The topological polar surface area (TPSA) is 59.8 Å². The van der Waals surface area contributed by atoms with Gasteiger partial charge in [0.15, 0.2) is 11.0 Å². The monoisotopic (exact) mass is 552 g/mol. The third-order valence-corrected chi connectivity index (χ3v) is 7.69. The third kappa shape index (κ3) is 6.59. The van der Waals surface area contributed by atoms with Crippen LogP contribution < -0.4 is 5.32 Å². The fourth-order valence-corrected chi connectivity index (χ4v) is 5.55. The van der Waals surface area contributed by atoms with Gasteiger partial charge in [0.25, 0.3) is 5.91 Å². The summed E-state index contributed by atoms with van der Waals surface area (Å²) in [6.45, 7) is 4.13. The Hall–Kier alpha value is -3.87. The van der Waals surface area contributed by atoms with Crippen LogP contribution in [0.3, 0.4) is 0 Å². The van der Waals surface area contributed by atoms with E-state index in [0.717, 1.165) is 27.7 Å². The maximum Gasteiger partial charge on any atom is 0.251 e. The quantitative estimate of drug-likeness (QED) is 0.192. The standard InChI is InChI=1S/C32H29ClN4OS/c1-22-10-9-13-25(18-22)21-39-32-36-35-30(37(32)29-20-27(33)17-16-23(29)2)28(19-24-11-5-3-6-12-24)34-31(38)26-14-7-4-8-15-26/h3-18,20,28H,19,21H2,1-2H3,(H,34,38). The Labute approximate surface area is 238 Å². The Morgan fingerprint density at radius 3 is 2.33 bits per heavy atom. The van der Waals surface area contributed by atoms with Crippen molar-refractivity contribution in [1.82, 2.24) is 20.1 Å². The number of thioether (sulfide) groups is 1. The molecule has 0 saturated carbocycles. The summed E-state index contributed by atoms with van der Waals surface area (Å²) in [5.41, 5.74) is 6.02. The van der Waals surface area contributed by atoms with Gasteiger partial charge >= 0.3 is 0 Å². The van der Waals surface area contributed by atoms with Crippen LogP contribution in [0.4, 0.5) is 0 Å². The first-order chi connectivity index (χ1) is 19.0. The molecule has 0 spiro atoms. The number of carbonyl (C=O) groups is 1. The summed E-state index contributed by atoms with van der Waals surface area (Å²) < 4.78 is 2.04. The first-order valence-corrected chi connectivity index (χ1v) is 14.1. The Balaban J connectivity index is 1.57. The minimum absolute atomic E-state index is 0.164. The first-order valence-electron chi connectivity index (χ1n) is 12.8. The van der Waals surface area contributed by atoms with Gasteiger partial charge in [-0.15, -0.1) is 10.2 Å². The van der Waals surface area contributed by atoms with Crippen LogP contribution in [-0.2, 0) is 12.2 Å². The van der Waals surface area contributed by atoms with Crippen LogP contribution >= 0.6 is 23.4 Å². The van der Waals surface area contributed by atoms with Crippen molar-refractivity contribution in [3.05, 3.63) is 142 Å². The summed E-state index contributed by atoms with van der Waals surface area (Å²) in [6.07, 6.45) is 0.555. The number of hydrogen-bond donors (Lipinski definition) is 1. The zero-order valence-corrected chi connectivity index (χ0v) is 23.4. The van der Waals surface area contributed by atoms with E-state index in [1.54, 1.807) is 11.8 Å². The van der Waals surface area contributed by atoms with E-state index < -0.39 is 6.04 Å². The predicted molar refractivity (Wildman–Crippen MR) is 159 cm³/mol. The SMILES string of the molecule is Cc1cccc(CSc2nnc(C(Cc3ccccc3)NC(=O)c3ccccc3)n2-c2cc(Cl)ccc2C)c1. The highest BCUT2D eigenvalue weighted by atomic mass is 35.5. The molecule has 0 saturated heterocycles. The van der Waals surface area contributed by atoms with Crippen molar-refractivity contribution in [1.29, 1.82) is 0 Å². The molecule has 1 atom stereocenters. The molecular formula is C32H29ClN4OS. The van der Waals surface area contributed by atoms with Gasteiger partial charge in [-0.2, -0.15) is 0 Å². The lowest BCUT2D eigenvalue weighted by molar-refractivity contribution is 0.0934. The number of nitrogens with one attached hydrogen (secondary N) is 1. The van der Waals surface area contributed by atoms with Crippen LogP contribution in [0.5, 0.6) is 0 Å². The summed E-state index contributed by atoms with van der Waals surface area (Å²) in [5.74, 6) is 1.22. The predicted octanol–water partition coefficient (Wildman–Crippen LogP) is 7.54. The van der Waals surface area contributed by atoms with Crippen LogP contribution in [0, 0.1) is 13.8 Å². The molecule has 0 radical (unpaired) electrons. The van der Waals surface area contributed by atoms with Gasteiger partial charge in [-0.1, -0.05) is 108 Å². The largest absolute Gasteiger partial charge is 0.342 e. The van der Waals surface area contributed by atoms with E-state index in [1.807, 2.05) is 78.2 Å². The summed E-state index contributed by atoms with van der Waals surface area (Å²) in [4.78, 5) is 13.3. The van der Waals surface area contributed by atoms with Gasteiger partial charge in [0.05, 0.1) is 11.7 Å². The number of halogens is 1. The number of aryl methyl sites for hydroxylation is 2. The van der Waals surface area contributed by atoms with E-state index in [9.17, 15) is 4.79 Å². The normalized spacial score (nSPS) is 11.8. The number of aromatic nitrogens is 3. The van der Waals surface area contributed by atoms with Crippen LogP contribution in [0.1, 0.15) is 44.5 Å². The van der Waals surface area contributed by atoms with Crippen molar-refractivity contribution < 1.29 is 4.79 Å². The first kappa shape index (κ1) is 26.7. The highest BCUT2D eigenvalue weighted by Gasteiger charge is 2.26. The molecule has 5 aromatic rings. The number of carbonyl (C=O) groups excluding carboxylic acids is 1. The van der Waals surface area contributed by atoms with Gasteiger partial charge in [-0.25, -0.2) is 0 Å². The molecule has 196 valence electrons. The lowest BCUT2D eigenvalue weighted by Crippen LogP contribution is -2.32. The Bertz CT molecular complexity index is 1570. The van der Waals surface area contributed by atoms with Gasteiger partial charge in [0.1, 0.15) is 0 Å². The van der Waals surface area contributed by atoms with Crippen molar-refractivity contribution in [2.24, 2.45) is 0 Å². The molecule has 5 rings (SSSR count). The molecule has 0 bridgehead atoms. The van der Waals surface area contributed by atoms with E-state index in [4.69, 9.17) is 11.6 Å². The fraction of sp³-hybridized carbons (Fsp3) is 0.156. The maximum atomic E-state index is 13.3. The number of rotatable bonds is 9. The number of amides is 1. The lowest BCUT2D eigenvalue weighted by atomic mass is 10.0. The number of hydrogen-bond acceptors (Lipinski definition) is 4. The van der Waals surface area contributed by atoms with Gasteiger partial charge in [0, 0.05) is 16.3 Å². The molecule has 1 N–H and O–H groups in total. The number of nitrogens with zero attached hydrogens (tertiary/aromatic N) is 3. The second-order valence-corrected chi connectivity index (χ2v) is 10.8. The summed E-state index contributed by atoms with van der Waals surface area (Å²) >= 11 is 8.08. The molecule has 1 aromatic heterocycles. The minimum atomic E-state index is -0.431. The van der Waals surface area contributed by atoms with Gasteiger partial charge < -0.3 is 5.32 Å². The van der Waals surface area contributed by atoms with Crippen LogP contribution in [0.25, 0.3) is 5.69 Å². The van der Waals surface area contributed by atoms with E-state index in [-0.39, 0.29) is 5.91 Å². The molecule has 4 aromatic carbocycles. The second-order valence-electron chi connectivity index (χ2n) is 9.47. The van der Waals surface area contributed by atoms with Crippen LogP contribution in [-0.4, -0.2) is 20.7 Å². The van der Waals surface area contributed by atoms with Crippen molar-refractivity contribution in [2.45, 2.75) is 37.2 Å². The van der Waals surface area contributed by atoms with E-state index >= 15 is 0 Å². The highest BCUT2D eigenvalue weighted by molar-refractivity contribution is 7.98. The van der Waals surface area contributed by atoms with E-state index in [0.29, 0.717) is 22.8 Å². The molecule has 0 aliphatic carbocycles. The van der Waals surface area contributed by atoms with Crippen molar-refractivity contribution in [3.8, 4) is 5.69 Å². The molecular weight excluding hydrogens is 524 g/mol. The van der Waals surface area contributed by atoms with Gasteiger partial charge in [0.2, 0.25) is 0 Å². The highest BCUT2D eigenvalue weighted by Crippen LogP contribution is 2.31. The Morgan fingerprint density at radius 1 is 0.872 bits per heavy atom. The molecule has 1 unspecified atom stereocenters. The fourth-order valence-electron chi connectivity index (χ4n) is 4.49. The maximum absolute atomic E-state index is 13.3. The molecule has 1 amide bonds. The summed E-state index contributed by atoms with van der Waals surface area (Å²) in [5, 5.41) is 13.9. The second kappa shape index (κ2) is 12.3. The van der Waals surface area contributed by atoms with E-state index in [2.05, 4.69) is 58.8 Å². The van der Waals surface area contributed by atoms with Crippen LogP contribution in [0.2, 0.25) is 5.02 Å². The smallest absolute Gasteiger partial charge is 0.251 e. The Morgan fingerprint density at radius 2 is 1.59 bits per heavy atom. The molecule has 7 heteroatoms. The average molecular weight is 553 g/mol. The lowest BCUT2D eigenvalue weighted by Gasteiger charge is -2.21. The van der Waals surface area contributed by atoms with E-state index in [1.165, 1.54) is 11.1 Å². The summed E-state index contributed by atoms with van der Waals surface area (Å²) in [7, 11) is 0. The molecule has 39 heavy (non-hydrogen) atoms. The minimum Gasteiger partial charge on any atom is -0.342 e. The average Bonchev–Trinajstić information content (AvgIpc) is 3.37. The third-order valence-electron chi connectivity index (χ3n) is 6.46. The van der Waals surface area contributed by atoms with Crippen molar-refractivity contribution >= 4 is 29.3 Å². The Kier molecular flexibility index (Phi) is 8.45. The molecule has 0 fully saturated rings. The molecule has 5 nitrogen and oxygen atoms in total. The number of benzene rings is 4. The zero-order valence-electron chi connectivity index (χ0n) is 21.8. The van der Waals surface area contributed by atoms with Crippen molar-refractivity contribution in [3.63, 3.8) is 0 Å². The zero-order chi connectivity index (χ0) is 27.2. The molecule has 0 aliphatic rings. The summed E-state index contributed by atoms with van der Waals surface area (Å²) in [6, 6.07) is 33.2. The van der Waals surface area contributed by atoms with Crippen LogP contribution in [0.15, 0.2) is 108 Å². The van der Waals surface area contributed by atoms with Crippen molar-refractivity contribution in [2.75, 3.05) is 0 Å². The molecule has 0 aliphatic heterocycles. The van der Waals surface area contributed by atoms with Gasteiger partial charge in [-0.3, -0.25) is 9.36 Å². The molecule has 1 heterocycles. The van der Waals surface area contributed by atoms with Gasteiger partial charge in [-0.05, 0) is 61.2 Å².